The van der Waals surface area contributed by atoms with Crippen LogP contribution in [-0.4, -0.2) is 30.7 Å². The highest BCUT2D eigenvalue weighted by atomic mass is 19.4. The first-order valence-electron chi connectivity index (χ1n) is 10.4. The van der Waals surface area contributed by atoms with Gasteiger partial charge in [0.2, 0.25) is 0 Å². The van der Waals surface area contributed by atoms with Crippen molar-refractivity contribution in [2.75, 3.05) is 19.6 Å². The predicted molar refractivity (Wildman–Crippen MR) is 117 cm³/mol. The number of alkyl halides is 3. The van der Waals surface area contributed by atoms with E-state index in [1.165, 1.54) is 11.1 Å². The van der Waals surface area contributed by atoms with Crippen molar-refractivity contribution in [1.29, 1.82) is 5.26 Å². The number of likely N-dealkylation sites (tertiary alicyclic amines) is 1. The smallest absolute Gasteiger partial charge is 0.303 e. The molecule has 0 N–H and O–H groups in total. The number of aryl methyl sites for hydroxylation is 3. The van der Waals surface area contributed by atoms with Gasteiger partial charge in [-0.3, -0.25) is 0 Å². The van der Waals surface area contributed by atoms with Crippen LogP contribution in [0.5, 0.6) is 0 Å². The number of nitriles is 1. The normalized spacial score (nSPS) is 16.0. The average Bonchev–Trinajstić information content (AvgIpc) is 3.13. The Labute approximate surface area is 179 Å². The van der Waals surface area contributed by atoms with Gasteiger partial charge in [0.05, 0.1) is 18.1 Å². The molecule has 0 spiro atoms. The number of rotatable bonds is 3. The summed E-state index contributed by atoms with van der Waals surface area (Å²) in [7, 11) is 0. The number of benzene rings is 2. The fourth-order valence-electron chi connectivity index (χ4n) is 3.17. The fraction of sp³-hybridized carbons (Fsp3) is 0.480. The molecule has 0 amide bonds. The van der Waals surface area contributed by atoms with Gasteiger partial charge in [0.1, 0.15) is 0 Å². The topological polar surface area (TPSA) is 27.0 Å². The molecule has 1 heterocycles. The van der Waals surface area contributed by atoms with Crippen LogP contribution >= 0.6 is 0 Å². The van der Waals surface area contributed by atoms with Gasteiger partial charge in [0.25, 0.3) is 0 Å². The zero-order valence-electron chi connectivity index (χ0n) is 18.5. The second-order valence-electron chi connectivity index (χ2n) is 7.83. The van der Waals surface area contributed by atoms with Crippen LogP contribution in [0.4, 0.5) is 13.2 Å². The van der Waals surface area contributed by atoms with Crippen molar-refractivity contribution in [1.82, 2.24) is 4.90 Å². The molecule has 1 atom stereocenters. The van der Waals surface area contributed by atoms with Crippen molar-refractivity contribution in [2.45, 2.75) is 53.1 Å². The number of hydrogen-bond donors (Lipinski definition) is 0. The zero-order valence-corrected chi connectivity index (χ0v) is 18.5. The maximum Gasteiger partial charge on any atom is 0.390 e. The third-order valence-corrected chi connectivity index (χ3v) is 4.97. The molecule has 30 heavy (non-hydrogen) atoms. The van der Waals surface area contributed by atoms with E-state index >= 15 is 0 Å². The maximum atomic E-state index is 11.8. The lowest BCUT2D eigenvalue weighted by atomic mass is 10.1. The molecular formula is C25H33F3N2. The Kier molecular flexibility index (Phi) is 11.2. The summed E-state index contributed by atoms with van der Waals surface area (Å²) in [5.74, 6) is 0.568. The molecule has 1 aliphatic heterocycles. The van der Waals surface area contributed by atoms with Crippen molar-refractivity contribution < 1.29 is 13.2 Å². The molecule has 0 saturated carbocycles. The summed E-state index contributed by atoms with van der Waals surface area (Å²) in [5, 5.41) is 8.56. The van der Waals surface area contributed by atoms with Crippen LogP contribution in [0.2, 0.25) is 0 Å². The summed E-state index contributed by atoms with van der Waals surface area (Å²) in [6.07, 6.45) is -2.48. The number of halogens is 3. The van der Waals surface area contributed by atoms with Crippen LogP contribution in [0, 0.1) is 31.1 Å². The van der Waals surface area contributed by atoms with Gasteiger partial charge in [-0.15, -0.1) is 0 Å². The van der Waals surface area contributed by atoms with E-state index in [9.17, 15) is 13.2 Å². The van der Waals surface area contributed by atoms with E-state index in [1.807, 2.05) is 43.0 Å². The summed E-state index contributed by atoms with van der Waals surface area (Å²) < 4.78 is 35.3. The lowest BCUT2D eigenvalue weighted by Gasteiger charge is -2.15. The third-order valence-electron chi connectivity index (χ3n) is 4.97. The first-order valence-corrected chi connectivity index (χ1v) is 10.4. The van der Waals surface area contributed by atoms with Crippen molar-refractivity contribution >= 4 is 0 Å². The largest absolute Gasteiger partial charge is 0.390 e. The molecule has 0 aliphatic carbocycles. The average molecular weight is 419 g/mol. The standard InChI is InChI=1S/C9H9N.C8H14F3N.C8H10/c1-7-3-4-9(6-10)8(2)5-7;1-7-2-4-12(6-7)5-3-8(9,10)11;1-2-8-6-4-3-5-7-8/h3-5H,1-2H3;7H,2-6H2,1H3;3-7H,2H2,1H3/t;7-;/m.0./s1. The van der Waals surface area contributed by atoms with E-state index < -0.39 is 12.6 Å². The van der Waals surface area contributed by atoms with Gasteiger partial charge in [-0.1, -0.05) is 61.9 Å². The molecular weight excluding hydrogens is 385 g/mol. The van der Waals surface area contributed by atoms with E-state index in [0.29, 0.717) is 5.92 Å². The van der Waals surface area contributed by atoms with Crippen LogP contribution in [0.1, 0.15) is 48.9 Å². The minimum absolute atomic E-state index is 0.174. The van der Waals surface area contributed by atoms with Crippen LogP contribution < -0.4 is 0 Å². The number of nitrogens with zero attached hydrogens (tertiary/aromatic N) is 2. The molecule has 1 aliphatic rings. The molecule has 2 aromatic rings. The summed E-state index contributed by atoms with van der Waals surface area (Å²) in [4.78, 5) is 1.89. The second-order valence-corrected chi connectivity index (χ2v) is 7.83. The zero-order chi connectivity index (χ0) is 22.6. The Bertz CT molecular complexity index is 779. The van der Waals surface area contributed by atoms with Gasteiger partial charge >= 0.3 is 6.18 Å². The second kappa shape index (κ2) is 13.1. The lowest BCUT2D eigenvalue weighted by Crippen LogP contribution is -2.25. The monoisotopic (exact) mass is 418 g/mol. The Morgan fingerprint density at radius 2 is 1.77 bits per heavy atom. The van der Waals surface area contributed by atoms with Crippen LogP contribution in [0.3, 0.4) is 0 Å². The molecule has 0 unspecified atom stereocenters. The van der Waals surface area contributed by atoms with Gasteiger partial charge in [0, 0.05) is 13.1 Å². The molecule has 3 rings (SSSR count). The summed E-state index contributed by atoms with van der Waals surface area (Å²) in [6.45, 7) is 10.0. The Hall–Kier alpha value is -2.32. The highest BCUT2D eigenvalue weighted by molar-refractivity contribution is 5.38. The highest BCUT2D eigenvalue weighted by Gasteiger charge is 2.29. The van der Waals surface area contributed by atoms with Crippen molar-refractivity contribution in [2.24, 2.45) is 5.92 Å². The van der Waals surface area contributed by atoms with Crippen molar-refractivity contribution in [3.8, 4) is 6.07 Å². The van der Waals surface area contributed by atoms with E-state index in [1.54, 1.807) is 0 Å². The molecule has 0 aromatic heterocycles. The van der Waals surface area contributed by atoms with Crippen LogP contribution in [0.15, 0.2) is 48.5 Å². The third kappa shape index (κ3) is 11.0. The van der Waals surface area contributed by atoms with Crippen molar-refractivity contribution in [3.63, 3.8) is 0 Å². The fourth-order valence-corrected chi connectivity index (χ4v) is 3.17. The minimum Gasteiger partial charge on any atom is -0.303 e. The van der Waals surface area contributed by atoms with Crippen LogP contribution in [0.25, 0.3) is 0 Å². The van der Waals surface area contributed by atoms with Gasteiger partial charge in [-0.25, -0.2) is 0 Å². The number of hydrogen-bond acceptors (Lipinski definition) is 2. The van der Waals surface area contributed by atoms with Gasteiger partial charge < -0.3 is 4.90 Å². The highest BCUT2D eigenvalue weighted by Crippen LogP contribution is 2.22. The van der Waals surface area contributed by atoms with Crippen molar-refractivity contribution in [3.05, 3.63) is 70.8 Å². The predicted octanol–water partition coefficient (Wildman–Crippen LogP) is 6.70. The molecule has 1 saturated heterocycles. The van der Waals surface area contributed by atoms with Crippen LogP contribution in [-0.2, 0) is 6.42 Å². The van der Waals surface area contributed by atoms with E-state index in [2.05, 4.69) is 44.2 Å². The SMILES string of the molecule is CCc1ccccc1.C[C@H]1CCN(CCC(F)(F)F)C1.Cc1ccc(C#N)c(C)c1. The first-order chi connectivity index (χ1) is 14.1. The summed E-state index contributed by atoms with van der Waals surface area (Å²) in [5.41, 5.74) is 4.44. The first kappa shape index (κ1) is 25.7. The van der Waals surface area contributed by atoms with Gasteiger partial charge in [-0.2, -0.15) is 18.4 Å². The summed E-state index contributed by atoms with van der Waals surface area (Å²) >= 11 is 0. The molecule has 164 valence electrons. The molecule has 0 radical (unpaired) electrons. The van der Waals surface area contributed by atoms with Gasteiger partial charge in [-0.05, 0) is 56.3 Å². The molecule has 1 fully saturated rings. The molecule has 2 aromatic carbocycles. The van der Waals surface area contributed by atoms with E-state index in [0.717, 1.165) is 37.1 Å². The minimum atomic E-state index is -3.99. The quantitative estimate of drug-likeness (QED) is 0.554. The van der Waals surface area contributed by atoms with E-state index in [4.69, 9.17) is 5.26 Å². The lowest BCUT2D eigenvalue weighted by molar-refractivity contribution is -0.137. The van der Waals surface area contributed by atoms with E-state index in [-0.39, 0.29) is 6.54 Å². The molecule has 2 nitrogen and oxygen atoms in total. The Morgan fingerprint density at radius 1 is 1.10 bits per heavy atom. The van der Waals surface area contributed by atoms with Gasteiger partial charge in [0.15, 0.2) is 0 Å². The summed E-state index contributed by atoms with van der Waals surface area (Å²) in [6, 6.07) is 18.4. The molecule has 5 heteroatoms. The Balaban J connectivity index is 0.000000230. The molecule has 0 bridgehead atoms. The Morgan fingerprint density at radius 3 is 2.20 bits per heavy atom. The maximum absolute atomic E-state index is 11.8.